The minimum Gasteiger partial charge on any atom is -0.111 e. The number of thiophene rings is 1. The first kappa shape index (κ1) is 13.4. The van der Waals surface area contributed by atoms with E-state index in [9.17, 15) is 0 Å². The lowest BCUT2D eigenvalue weighted by atomic mass is 9.95. The molecule has 1 heterocycles. The lowest BCUT2D eigenvalue weighted by Crippen LogP contribution is -2.01. The van der Waals surface area contributed by atoms with Crippen molar-refractivity contribution in [3.05, 3.63) is 56.2 Å². The molecule has 0 aliphatic heterocycles. The van der Waals surface area contributed by atoms with Crippen molar-refractivity contribution in [1.29, 1.82) is 0 Å². The van der Waals surface area contributed by atoms with Crippen LogP contribution in [0.5, 0.6) is 0 Å². The summed E-state index contributed by atoms with van der Waals surface area (Å²) in [4.78, 5) is 0.182. The molecule has 2 atom stereocenters. The third-order valence-electron chi connectivity index (χ3n) is 2.74. The molecule has 0 aliphatic rings. The molecule has 0 N–H and O–H groups in total. The van der Waals surface area contributed by atoms with Gasteiger partial charge < -0.3 is 0 Å². The number of rotatable bonds is 3. The molecule has 0 saturated carbocycles. The van der Waals surface area contributed by atoms with Crippen molar-refractivity contribution < 1.29 is 0 Å². The molecule has 17 heavy (non-hydrogen) atoms. The van der Waals surface area contributed by atoms with E-state index >= 15 is 0 Å². The summed E-state index contributed by atoms with van der Waals surface area (Å²) >= 11 is 17.3. The van der Waals surface area contributed by atoms with Crippen LogP contribution in [0.25, 0.3) is 0 Å². The Morgan fingerprint density at radius 1 is 1.18 bits per heavy atom. The Morgan fingerprint density at radius 3 is 2.35 bits per heavy atom. The Balaban J connectivity index is 2.26. The fraction of sp³-hybridized carbons (Fsp3) is 0.231. The van der Waals surface area contributed by atoms with Gasteiger partial charge in [-0.15, -0.1) is 11.3 Å². The smallest absolute Gasteiger partial charge is 0.0987 e. The fourth-order valence-corrected chi connectivity index (χ4v) is 4.24. The van der Waals surface area contributed by atoms with Crippen molar-refractivity contribution in [1.82, 2.24) is 0 Å². The van der Waals surface area contributed by atoms with Gasteiger partial charge in [0.1, 0.15) is 0 Å². The first-order chi connectivity index (χ1) is 8.09. The third kappa shape index (κ3) is 3.05. The van der Waals surface area contributed by atoms with E-state index in [0.717, 1.165) is 14.2 Å². The quantitative estimate of drug-likeness (QED) is 0.571. The van der Waals surface area contributed by atoms with Gasteiger partial charge in [0.15, 0.2) is 0 Å². The van der Waals surface area contributed by atoms with Crippen molar-refractivity contribution in [3.63, 3.8) is 0 Å². The Morgan fingerprint density at radius 2 is 1.82 bits per heavy atom. The highest BCUT2D eigenvalue weighted by Crippen LogP contribution is 2.44. The average Bonchev–Trinajstić information content (AvgIpc) is 2.68. The molecular weight excluding hydrogens is 339 g/mol. The molecule has 0 spiro atoms. The molecule has 0 aliphatic carbocycles. The summed E-state index contributed by atoms with van der Waals surface area (Å²) in [6.45, 7) is 2.18. The molecule has 0 fully saturated rings. The Hall–Kier alpha value is -0.0200. The maximum Gasteiger partial charge on any atom is 0.0987 e. The van der Waals surface area contributed by atoms with E-state index in [0.29, 0.717) is 5.92 Å². The second-order valence-electron chi connectivity index (χ2n) is 3.88. The van der Waals surface area contributed by atoms with E-state index in [2.05, 4.69) is 35.0 Å². The van der Waals surface area contributed by atoms with E-state index in [4.69, 9.17) is 23.2 Å². The predicted octanol–water partition coefficient (Wildman–Crippen LogP) is 6.29. The number of hydrogen-bond acceptors (Lipinski definition) is 1. The largest absolute Gasteiger partial charge is 0.111 e. The number of alkyl halides is 1. The molecule has 1 aromatic heterocycles. The van der Waals surface area contributed by atoms with Crippen LogP contribution in [-0.4, -0.2) is 0 Å². The SMILES string of the molecule is CC(c1ccccc1)C(Br)c1cc(Cl)sc1Cl. The molecule has 2 rings (SSSR count). The fourth-order valence-electron chi connectivity index (χ4n) is 1.74. The van der Waals surface area contributed by atoms with Gasteiger partial charge in [0.2, 0.25) is 0 Å². The van der Waals surface area contributed by atoms with Gasteiger partial charge in [-0.05, 0) is 23.1 Å². The molecule has 2 aromatic rings. The zero-order chi connectivity index (χ0) is 12.4. The Kier molecular flexibility index (Phi) is 4.53. The van der Waals surface area contributed by atoms with Crippen LogP contribution in [0.15, 0.2) is 36.4 Å². The Labute approximate surface area is 124 Å². The van der Waals surface area contributed by atoms with Crippen LogP contribution < -0.4 is 0 Å². The van der Waals surface area contributed by atoms with Crippen LogP contribution in [0.2, 0.25) is 8.67 Å². The summed E-state index contributed by atoms with van der Waals surface area (Å²) in [6.07, 6.45) is 0. The van der Waals surface area contributed by atoms with Gasteiger partial charge in [-0.2, -0.15) is 0 Å². The second kappa shape index (κ2) is 5.75. The minimum absolute atomic E-state index is 0.182. The number of hydrogen-bond donors (Lipinski definition) is 0. The van der Waals surface area contributed by atoms with Crippen LogP contribution in [-0.2, 0) is 0 Å². The lowest BCUT2D eigenvalue weighted by Gasteiger charge is -2.18. The summed E-state index contributed by atoms with van der Waals surface area (Å²) in [5.74, 6) is 0.347. The molecule has 90 valence electrons. The van der Waals surface area contributed by atoms with E-state index in [1.54, 1.807) is 0 Å². The van der Waals surface area contributed by atoms with Gasteiger partial charge in [0.25, 0.3) is 0 Å². The molecule has 0 amide bonds. The van der Waals surface area contributed by atoms with Crippen LogP contribution >= 0.6 is 50.5 Å². The first-order valence-corrected chi connectivity index (χ1v) is 7.72. The van der Waals surface area contributed by atoms with Crippen LogP contribution in [0, 0.1) is 0 Å². The summed E-state index contributed by atoms with van der Waals surface area (Å²) in [6, 6.07) is 12.3. The van der Waals surface area contributed by atoms with Gasteiger partial charge in [-0.3, -0.25) is 0 Å². The van der Waals surface area contributed by atoms with Crippen LogP contribution in [0.3, 0.4) is 0 Å². The normalized spacial score (nSPS) is 14.6. The predicted molar refractivity (Wildman–Crippen MR) is 80.9 cm³/mol. The summed E-state index contributed by atoms with van der Waals surface area (Å²) < 4.78 is 1.49. The van der Waals surface area contributed by atoms with Crippen molar-refractivity contribution >= 4 is 50.5 Å². The van der Waals surface area contributed by atoms with Gasteiger partial charge in [-0.25, -0.2) is 0 Å². The summed E-state index contributed by atoms with van der Waals surface area (Å²) in [7, 11) is 0. The highest BCUT2D eigenvalue weighted by molar-refractivity contribution is 9.09. The highest BCUT2D eigenvalue weighted by atomic mass is 79.9. The van der Waals surface area contributed by atoms with Gasteiger partial charge in [-0.1, -0.05) is 76.4 Å². The first-order valence-electron chi connectivity index (χ1n) is 5.23. The zero-order valence-corrected chi connectivity index (χ0v) is 13.1. The summed E-state index contributed by atoms with van der Waals surface area (Å²) in [5.41, 5.74) is 2.35. The molecule has 0 radical (unpaired) electrons. The van der Waals surface area contributed by atoms with Crippen LogP contribution in [0.4, 0.5) is 0 Å². The molecule has 1 aromatic carbocycles. The van der Waals surface area contributed by atoms with E-state index < -0.39 is 0 Å². The van der Waals surface area contributed by atoms with Crippen molar-refractivity contribution in [2.24, 2.45) is 0 Å². The van der Waals surface area contributed by atoms with E-state index in [1.807, 2.05) is 24.3 Å². The third-order valence-corrected chi connectivity index (χ3v) is 5.55. The number of halogens is 3. The van der Waals surface area contributed by atoms with E-state index in [1.165, 1.54) is 16.9 Å². The van der Waals surface area contributed by atoms with Gasteiger partial charge >= 0.3 is 0 Å². The zero-order valence-electron chi connectivity index (χ0n) is 9.16. The molecule has 0 bridgehead atoms. The molecule has 0 saturated heterocycles. The monoisotopic (exact) mass is 348 g/mol. The number of benzene rings is 1. The molecule has 0 nitrogen and oxygen atoms in total. The van der Waals surface area contributed by atoms with Gasteiger partial charge in [0.05, 0.1) is 8.67 Å². The Bertz CT molecular complexity index is 495. The standard InChI is InChI=1S/C13H11BrCl2S/c1-8(9-5-3-2-4-6-9)12(14)10-7-11(15)17-13(10)16/h2-8,12H,1H3. The van der Waals surface area contributed by atoms with Crippen molar-refractivity contribution in [3.8, 4) is 0 Å². The molecule has 2 unspecified atom stereocenters. The summed E-state index contributed by atoms with van der Waals surface area (Å²) in [5, 5.41) is 0. The van der Waals surface area contributed by atoms with Gasteiger partial charge in [0, 0.05) is 4.83 Å². The second-order valence-corrected chi connectivity index (χ2v) is 7.15. The maximum absolute atomic E-state index is 6.18. The average molecular weight is 350 g/mol. The lowest BCUT2D eigenvalue weighted by molar-refractivity contribution is 0.754. The topological polar surface area (TPSA) is 0 Å². The van der Waals surface area contributed by atoms with E-state index in [-0.39, 0.29) is 4.83 Å². The molecule has 4 heteroatoms. The maximum atomic E-state index is 6.18. The molecular formula is C13H11BrCl2S. The minimum atomic E-state index is 0.182. The highest BCUT2D eigenvalue weighted by Gasteiger charge is 2.21. The van der Waals surface area contributed by atoms with Crippen molar-refractivity contribution in [2.45, 2.75) is 17.7 Å². The van der Waals surface area contributed by atoms with Crippen molar-refractivity contribution in [2.75, 3.05) is 0 Å². The van der Waals surface area contributed by atoms with Crippen LogP contribution in [0.1, 0.15) is 28.8 Å².